The Balaban J connectivity index is 1.68. The number of carbonyl (C=O) groups excluding carboxylic acids is 1. The molecule has 0 aliphatic rings. The van der Waals surface area contributed by atoms with Crippen molar-refractivity contribution in [2.75, 3.05) is 0 Å². The monoisotopic (exact) mass is 330 g/mol. The van der Waals surface area contributed by atoms with E-state index in [1.165, 1.54) is 0 Å². The lowest BCUT2D eigenvalue weighted by Gasteiger charge is -2.04. The first-order valence-corrected chi connectivity index (χ1v) is 7.95. The molecular formula is C21H18N2O2. The van der Waals surface area contributed by atoms with Crippen molar-refractivity contribution < 1.29 is 9.53 Å². The summed E-state index contributed by atoms with van der Waals surface area (Å²) in [7, 11) is 0. The number of benzene rings is 2. The average molecular weight is 330 g/mol. The number of ether oxygens (including phenoxy) is 1. The number of ketones is 1. The summed E-state index contributed by atoms with van der Waals surface area (Å²) in [4.78, 5) is 20.3. The maximum atomic E-state index is 12.3. The van der Waals surface area contributed by atoms with Gasteiger partial charge in [-0.15, -0.1) is 0 Å². The summed E-state index contributed by atoms with van der Waals surface area (Å²) in [6.07, 6.45) is 8.10. The van der Waals surface area contributed by atoms with Crippen LogP contribution >= 0.6 is 0 Å². The van der Waals surface area contributed by atoms with E-state index in [-0.39, 0.29) is 5.78 Å². The molecule has 0 radical (unpaired) electrons. The van der Waals surface area contributed by atoms with Crippen LogP contribution in [-0.2, 0) is 0 Å². The standard InChI is InChI=1S/C21H18N2O2/c1-15-11-16(2)13-18(12-15)20(24)8-5-17-3-6-19(7-4-17)25-21-14-22-9-10-23-21/h3-14H,1-2H3/b8-5+. The predicted octanol–water partition coefficient (Wildman–Crippen LogP) is 4.78. The predicted molar refractivity (Wildman–Crippen MR) is 97.8 cm³/mol. The molecule has 4 nitrogen and oxygen atoms in total. The molecule has 124 valence electrons. The molecule has 1 heterocycles. The number of nitrogens with zero attached hydrogens (tertiary/aromatic N) is 2. The number of carbonyl (C=O) groups is 1. The molecule has 0 unspecified atom stereocenters. The van der Waals surface area contributed by atoms with Gasteiger partial charge in [-0.2, -0.15) is 0 Å². The summed E-state index contributed by atoms with van der Waals surface area (Å²) >= 11 is 0. The Morgan fingerprint density at radius 3 is 2.36 bits per heavy atom. The number of aryl methyl sites for hydroxylation is 2. The van der Waals surface area contributed by atoms with E-state index in [4.69, 9.17) is 4.74 Å². The molecule has 0 N–H and O–H groups in total. The Labute approximate surface area is 146 Å². The van der Waals surface area contributed by atoms with E-state index in [0.29, 0.717) is 17.2 Å². The largest absolute Gasteiger partial charge is 0.438 e. The van der Waals surface area contributed by atoms with Crippen LogP contribution in [0.3, 0.4) is 0 Å². The lowest BCUT2D eigenvalue weighted by atomic mass is 10.0. The molecule has 0 fully saturated rings. The quantitative estimate of drug-likeness (QED) is 0.499. The SMILES string of the molecule is Cc1cc(C)cc(C(=O)/C=C/c2ccc(Oc3cnccn3)cc2)c1. The highest BCUT2D eigenvalue weighted by Crippen LogP contribution is 2.19. The maximum Gasteiger partial charge on any atom is 0.237 e. The Hall–Kier alpha value is -3.27. The van der Waals surface area contributed by atoms with Crippen molar-refractivity contribution in [2.24, 2.45) is 0 Å². The van der Waals surface area contributed by atoms with Gasteiger partial charge in [-0.1, -0.05) is 35.4 Å². The van der Waals surface area contributed by atoms with Gasteiger partial charge in [0.15, 0.2) is 5.78 Å². The third kappa shape index (κ3) is 4.61. The van der Waals surface area contributed by atoms with Crippen molar-refractivity contribution in [3.8, 4) is 11.6 Å². The van der Waals surface area contributed by atoms with Gasteiger partial charge < -0.3 is 4.74 Å². The van der Waals surface area contributed by atoms with Crippen molar-refractivity contribution >= 4 is 11.9 Å². The fourth-order valence-electron chi connectivity index (χ4n) is 2.49. The lowest BCUT2D eigenvalue weighted by molar-refractivity contribution is 0.104. The van der Waals surface area contributed by atoms with E-state index in [1.807, 2.05) is 50.2 Å². The molecule has 25 heavy (non-hydrogen) atoms. The lowest BCUT2D eigenvalue weighted by Crippen LogP contribution is -1.95. The molecule has 0 amide bonds. The van der Waals surface area contributed by atoms with E-state index in [9.17, 15) is 4.79 Å². The van der Waals surface area contributed by atoms with Crippen LogP contribution in [-0.4, -0.2) is 15.8 Å². The number of hydrogen-bond donors (Lipinski definition) is 0. The summed E-state index contributed by atoms with van der Waals surface area (Å²) in [6.45, 7) is 3.98. The van der Waals surface area contributed by atoms with Crippen molar-refractivity contribution in [3.05, 3.63) is 89.4 Å². The number of rotatable bonds is 5. The molecule has 3 rings (SSSR count). The highest BCUT2D eigenvalue weighted by Gasteiger charge is 2.03. The third-order valence-corrected chi connectivity index (χ3v) is 3.58. The zero-order chi connectivity index (χ0) is 17.6. The second kappa shape index (κ2) is 7.53. The normalized spacial score (nSPS) is 10.8. The molecule has 0 spiro atoms. The minimum Gasteiger partial charge on any atom is -0.438 e. The number of aromatic nitrogens is 2. The Morgan fingerprint density at radius 1 is 1.00 bits per heavy atom. The van der Waals surface area contributed by atoms with Crippen LogP contribution in [0.25, 0.3) is 6.08 Å². The average Bonchev–Trinajstić information content (AvgIpc) is 2.61. The highest BCUT2D eigenvalue weighted by molar-refractivity contribution is 6.07. The Bertz CT molecular complexity index is 881. The van der Waals surface area contributed by atoms with E-state index in [2.05, 4.69) is 16.0 Å². The molecule has 0 saturated carbocycles. The van der Waals surface area contributed by atoms with Gasteiger partial charge in [-0.3, -0.25) is 9.78 Å². The van der Waals surface area contributed by atoms with Gasteiger partial charge >= 0.3 is 0 Å². The summed E-state index contributed by atoms with van der Waals surface area (Å²) in [5.74, 6) is 1.10. The number of allylic oxidation sites excluding steroid dienone is 1. The highest BCUT2D eigenvalue weighted by atomic mass is 16.5. The maximum absolute atomic E-state index is 12.3. The van der Waals surface area contributed by atoms with Crippen LogP contribution < -0.4 is 4.74 Å². The zero-order valence-corrected chi connectivity index (χ0v) is 14.1. The fraction of sp³-hybridized carbons (Fsp3) is 0.0952. The zero-order valence-electron chi connectivity index (χ0n) is 14.1. The van der Waals surface area contributed by atoms with Crippen LogP contribution in [0, 0.1) is 13.8 Å². The van der Waals surface area contributed by atoms with Crippen LogP contribution in [0.4, 0.5) is 0 Å². The summed E-state index contributed by atoms with van der Waals surface area (Å²) in [6, 6.07) is 13.3. The first-order chi connectivity index (χ1) is 12.1. The van der Waals surface area contributed by atoms with Crippen molar-refractivity contribution in [2.45, 2.75) is 13.8 Å². The molecule has 1 aromatic heterocycles. The van der Waals surface area contributed by atoms with Crippen LogP contribution in [0.5, 0.6) is 11.6 Å². The summed E-state index contributed by atoms with van der Waals surface area (Å²) < 4.78 is 5.59. The molecule has 0 atom stereocenters. The van der Waals surface area contributed by atoms with Crippen LogP contribution in [0.2, 0.25) is 0 Å². The fourth-order valence-corrected chi connectivity index (χ4v) is 2.49. The van der Waals surface area contributed by atoms with Crippen LogP contribution in [0.15, 0.2) is 67.1 Å². The van der Waals surface area contributed by atoms with Crippen molar-refractivity contribution in [3.63, 3.8) is 0 Å². The third-order valence-electron chi connectivity index (χ3n) is 3.58. The van der Waals surface area contributed by atoms with E-state index >= 15 is 0 Å². The molecule has 2 aromatic carbocycles. The van der Waals surface area contributed by atoms with Gasteiger partial charge in [-0.25, -0.2) is 4.98 Å². The van der Waals surface area contributed by atoms with E-state index in [1.54, 1.807) is 30.7 Å². The summed E-state index contributed by atoms with van der Waals surface area (Å²) in [5.41, 5.74) is 3.80. The second-order valence-electron chi connectivity index (χ2n) is 5.79. The van der Waals surface area contributed by atoms with Gasteiger partial charge in [0.2, 0.25) is 5.88 Å². The molecule has 4 heteroatoms. The Kier molecular flexibility index (Phi) is 5.00. The molecule has 0 saturated heterocycles. The molecule has 0 bridgehead atoms. The minimum atomic E-state index is -0.00770. The summed E-state index contributed by atoms with van der Waals surface area (Å²) in [5, 5.41) is 0. The molecule has 0 aliphatic heterocycles. The van der Waals surface area contributed by atoms with Gasteiger partial charge in [0.1, 0.15) is 5.75 Å². The smallest absolute Gasteiger partial charge is 0.237 e. The van der Waals surface area contributed by atoms with Crippen molar-refractivity contribution in [1.29, 1.82) is 0 Å². The van der Waals surface area contributed by atoms with E-state index in [0.717, 1.165) is 16.7 Å². The van der Waals surface area contributed by atoms with Crippen LogP contribution in [0.1, 0.15) is 27.0 Å². The van der Waals surface area contributed by atoms with Gasteiger partial charge in [-0.05, 0) is 49.8 Å². The van der Waals surface area contributed by atoms with Crippen molar-refractivity contribution in [1.82, 2.24) is 9.97 Å². The minimum absolute atomic E-state index is 0.00770. The Morgan fingerprint density at radius 2 is 1.72 bits per heavy atom. The van der Waals surface area contributed by atoms with Gasteiger partial charge in [0.05, 0.1) is 6.20 Å². The number of hydrogen-bond acceptors (Lipinski definition) is 4. The van der Waals surface area contributed by atoms with Gasteiger partial charge in [0.25, 0.3) is 0 Å². The molecule has 3 aromatic rings. The van der Waals surface area contributed by atoms with Gasteiger partial charge in [0, 0.05) is 18.0 Å². The first kappa shape index (κ1) is 16.6. The first-order valence-electron chi connectivity index (χ1n) is 7.95. The second-order valence-corrected chi connectivity index (χ2v) is 5.79. The topological polar surface area (TPSA) is 52.1 Å². The molecular weight excluding hydrogens is 312 g/mol. The van der Waals surface area contributed by atoms with E-state index < -0.39 is 0 Å². The molecule has 0 aliphatic carbocycles.